The maximum atomic E-state index is 11.8. The molecular formula is C11H20N4O. The van der Waals surface area contributed by atoms with Crippen molar-refractivity contribution in [3.8, 4) is 0 Å². The molecule has 0 saturated heterocycles. The third-order valence-corrected chi connectivity index (χ3v) is 2.11. The standard InChI is InChI=1S/C11H20N4O/c1-6(2)8-7(12)9(15-14-8)10(16)13-11(3,4)5/h6H,12H2,1-5H3,(H,13,16)(H,14,15). The van der Waals surface area contributed by atoms with Crippen LogP contribution < -0.4 is 11.1 Å². The summed E-state index contributed by atoms with van der Waals surface area (Å²) in [6.07, 6.45) is 0. The van der Waals surface area contributed by atoms with Crippen molar-refractivity contribution in [2.75, 3.05) is 5.73 Å². The molecule has 0 radical (unpaired) electrons. The summed E-state index contributed by atoms with van der Waals surface area (Å²) >= 11 is 0. The number of carbonyl (C=O) groups excluding carboxylic acids is 1. The lowest BCUT2D eigenvalue weighted by molar-refractivity contribution is 0.0915. The predicted molar refractivity (Wildman–Crippen MR) is 64.3 cm³/mol. The molecule has 1 aromatic rings. The number of hydrogen-bond donors (Lipinski definition) is 3. The molecule has 0 aliphatic carbocycles. The van der Waals surface area contributed by atoms with Crippen molar-refractivity contribution in [1.82, 2.24) is 15.5 Å². The van der Waals surface area contributed by atoms with E-state index in [-0.39, 0.29) is 23.1 Å². The molecule has 5 nitrogen and oxygen atoms in total. The first kappa shape index (κ1) is 12.5. The van der Waals surface area contributed by atoms with Crippen molar-refractivity contribution in [3.05, 3.63) is 11.4 Å². The molecule has 0 saturated carbocycles. The number of carbonyl (C=O) groups is 1. The Morgan fingerprint density at radius 3 is 2.38 bits per heavy atom. The molecule has 4 N–H and O–H groups in total. The molecule has 0 fully saturated rings. The Morgan fingerprint density at radius 1 is 1.44 bits per heavy atom. The minimum atomic E-state index is -0.291. The largest absolute Gasteiger partial charge is 0.395 e. The van der Waals surface area contributed by atoms with Crippen LogP contribution in [-0.2, 0) is 0 Å². The van der Waals surface area contributed by atoms with Gasteiger partial charge in [0.05, 0.1) is 11.4 Å². The van der Waals surface area contributed by atoms with Crippen molar-refractivity contribution in [1.29, 1.82) is 0 Å². The molecule has 1 aromatic heterocycles. The highest BCUT2D eigenvalue weighted by Gasteiger charge is 2.22. The van der Waals surface area contributed by atoms with Crippen LogP contribution in [0.15, 0.2) is 0 Å². The monoisotopic (exact) mass is 224 g/mol. The van der Waals surface area contributed by atoms with Crippen molar-refractivity contribution >= 4 is 11.6 Å². The number of nitrogen functional groups attached to an aromatic ring is 1. The summed E-state index contributed by atoms with van der Waals surface area (Å²) in [5.41, 5.74) is 7.10. The molecule has 1 heterocycles. The van der Waals surface area contributed by atoms with Crippen LogP contribution in [0.4, 0.5) is 5.69 Å². The molecule has 5 heteroatoms. The molecule has 0 bridgehead atoms. The van der Waals surface area contributed by atoms with E-state index in [0.29, 0.717) is 5.69 Å². The van der Waals surface area contributed by atoms with E-state index in [1.165, 1.54) is 0 Å². The predicted octanol–water partition coefficient (Wildman–Crippen LogP) is 1.64. The van der Waals surface area contributed by atoms with Gasteiger partial charge in [0.25, 0.3) is 5.91 Å². The summed E-state index contributed by atoms with van der Waals surface area (Å²) in [4.78, 5) is 11.8. The van der Waals surface area contributed by atoms with Gasteiger partial charge >= 0.3 is 0 Å². The van der Waals surface area contributed by atoms with Crippen molar-refractivity contribution in [2.45, 2.75) is 46.1 Å². The SMILES string of the molecule is CC(C)c1[nH]nc(C(=O)NC(C)(C)C)c1N. The number of aromatic amines is 1. The molecule has 0 aromatic carbocycles. The number of H-pyrrole nitrogens is 1. The molecule has 16 heavy (non-hydrogen) atoms. The summed E-state index contributed by atoms with van der Waals surface area (Å²) in [5.74, 6) is -0.0168. The second-order valence-electron chi connectivity index (χ2n) is 5.26. The van der Waals surface area contributed by atoms with Gasteiger partial charge < -0.3 is 11.1 Å². The molecule has 0 unspecified atom stereocenters. The second-order valence-corrected chi connectivity index (χ2v) is 5.26. The van der Waals surface area contributed by atoms with Gasteiger partial charge in [-0.05, 0) is 26.7 Å². The van der Waals surface area contributed by atoms with Gasteiger partial charge in [-0.1, -0.05) is 13.8 Å². The van der Waals surface area contributed by atoms with Gasteiger partial charge in [-0.15, -0.1) is 0 Å². The topological polar surface area (TPSA) is 83.8 Å². The van der Waals surface area contributed by atoms with Crippen molar-refractivity contribution < 1.29 is 4.79 Å². The van der Waals surface area contributed by atoms with Crippen molar-refractivity contribution in [2.24, 2.45) is 0 Å². The Balaban J connectivity index is 2.94. The Kier molecular flexibility index (Phi) is 3.26. The second kappa shape index (κ2) is 4.15. The molecular weight excluding hydrogens is 204 g/mol. The lowest BCUT2D eigenvalue weighted by atomic mass is 10.1. The number of nitrogens with one attached hydrogen (secondary N) is 2. The number of nitrogens with zero attached hydrogens (tertiary/aromatic N) is 1. The fraction of sp³-hybridized carbons (Fsp3) is 0.636. The Hall–Kier alpha value is -1.52. The molecule has 0 spiro atoms. The maximum absolute atomic E-state index is 11.8. The van der Waals surface area contributed by atoms with Crippen LogP contribution in [0.1, 0.15) is 56.7 Å². The Labute approximate surface area is 95.8 Å². The van der Waals surface area contributed by atoms with Gasteiger partial charge in [0, 0.05) is 5.54 Å². The van der Waals surface area contributed by atoms with Crippen LogP contribution in [0.2, 0.25) is 0 Å². The fourth-order valence-electron chi connectivity index (χ4n) is 1.38. The number of anilines is 1. The van der Waals surface area contributed by atoms with E-state index in [4.69, 9.17) is 5.73 Å². The van der Waals surface area contributed by atoms with Crippen LogP contribution in [0.5, 0.6) is 0 Å². The van der Waals surface area contributed by atoms with Gasteiger partial charge in [0.1, 0.15) is 0 Å². The van der Waals surface area contributed by atoms with Gasteiger partial charge in [-0.2, -0.15) is 5.10 Å². The van der Waals surface area contributed by atoms with E-state index < -0.39 is 0 Å². The Bertz CT molecular complexity index is 387. The summed E-state index contributed by atoms with van der Waals surface area (Å²) < 4.78 is 0. The number of nitrogens with two attached hydrogens (primary N) is 1. The quantitative estimate of drug-likeness (QED) is 0.714. The van der Waals surface area contributed by atoms with Gasteiger partial charge in [-0.3, -0.25) is 9.89 Å². The Morgan fingerprint density at radius 2 is 2.00 bits per heavy atom. The van der Waals surface area contributed by atoms with Gasteiger partial charge in [0.15, 0.2) is 5.69 Å². The van der Waals surface area contributed by atoms with Crippen LogP contribution in [0.3, 0.4) is 0 Å². The average molecular weight is 224 g/mol. The molecule has 90 valence electrons. The first-order valence-electron chi connectivity index (χ1n) is 5.38. The van der Waals surface area contributed by atoms with E-state index in [1.807, 2.05) is 34.6 Å². The van der Waals surface area contributed by atoms with E-state index in [0.717, 1.165) is 5.69 Å². The number of rotatable bonds is 2. The maximum Gasteiger partial charge on any atom is 0.274 e. The van der Waals surface area contributed by atoms with Crippen LogP contribution in [0.25, 0.3) is 0 Å². The number of aromatic nitrogens is 2. The highest BCUT2D eigenvalue weighted by atomic mass is 16.2. The first-order chi connectivity index (χ1) is 7.22. The average Bonchev–Trinajstić information content (AvgIpc) is 2.43. The third kappa shape index (κ3) is 2.74. The minimum Gasteiger partial charge on any atom is -0.395 e. The van der Waals surface area contributed by atoms with E-state index >= 15 is 0 Å². The third-order valence-electron chi connectivity index (χ3n) is 2.11. The minimum absolute atomic E-state index is 0.226. The van der Waals surface area contributed by atoms with E-state index in [2.05, 4.69) is 15.5 Å². The van der Waals surface area contributed by atoms with Crippen LogP contribution in [0, 0.1) is 0 Å². The zero-order valence-electron chi connectivity index (χ0n) is 10.5. The van der Waals surface area contributed by atoms with E-state index in [9.17, 15) is 4.79 Å². The molecule has 1 amide bonds. The smallest absolute Gasteiger partial charge is 0.274 e. The normalized spacial score (nSPS) is 11.9. The fourth-order valence-corrected chi connectivity index (χ4v) is 1.38. The van der Waals surface area contributed by atoms with Gasteiger partial charge in [0.2, 0.25) is 0 Å². The van der Waals surface area contributed by atoms with Crippen LogP contribution >= 0.6 is 0 Å². The molecule has 0 aliphatic heterocycles. The highest BCUT2D eigenvalue weighted by Crippen LogP contribution is 2.22. The number of amides is 1. The van der Waals surface area contributed by atoms with Gasteiger partial charge in [-0.25, -0.2) is 0 Å². The summed E-state index contributed by atoms with van der Waals surface area (Å²) in [7, 11) is 0. The molecule has 0 atom stereocenters. The zero-order valence-corrected chi connectivity index (χ0v) is 10.5. The van der Waals surface area contributed by atoms with E-state index in [1.54, 1.807) is 0 Å². The lowest BCUT2D eigenvalue weighted by Gasteiger charge is -2.19. The zero-order chi connectivity index (χ0) is 12.5. The summed E-state index contributed by atoms with van der Waals surface area (Å²) in [6.45, 7) is 9.73. The van der Waals surface area contributed by atoms with Crippen molar-refractivity contribution in [3.63, 3.8) is 0 Å². The molecule has 1 rings (SSSR count). The summed E-state index contributed by atoms with van der Waals surface area (Å²) in [5, 5.41) is 9.59. The number of hydrogen-bond acceptors (Lipinski definition) is 3. The summed E-state index contributed by atoms with van der Waals surface area (Å²) in [6, 6.07) is 0. The highest BCUT2D eigenvalue weighted by molar-refractivity contribution is 5.98. The lowest BCUT2D eigenvalue weighted by Crippen LogP contribution is -2.41. The molecule has 0 aliphatic rings. The first-order valence-corrected chi connectivity index (χ1v) is 5.38. The van der Waals surface area contributed by atoms with Crippen LogP contribution in [-0.4, -0.2) is 21.6 Å².